The second kappa shape index (κ2) is 12.5. The number of aromatic amines is 1. The van der Waals surface area contributed by atoms with Crippen LogP contribution in [-0.4, -0.2) is 21.8 Å². The molecule has 1 amide bonds. The van der Waals surface area contributed by atoms with Crippen molar-refractivity contribution in [2.45, 2.75) is 46.1 Å². The van der Waals surface area contributed by atoms with Crippen LogP contribution in [0.15, 0.2) is 121 Å². The molecule has 1 heterocycles. The monoisotopic (exact) mass is 568 g/mol. The lowest BCUT2D eigenvalue weighted by molar-refractivity contribution is 0.0628. The van der Waals surface area contributed by atoms with Gasteiger partial charge in [-0.05, 0) is 73.2 Å². The summed E-state index contributed by atoms with van der Waals surface area (Å²) in [5.74, 6) is 1.48. The van der Waals surface area contributed by atoms with Gasteiger partial charge in [0.1, 0.15) is 24.7 Å². The molecule has 0 unspecified atom stereocenters. The number of aromatic nitrogens is 1. The van der Waals surface area contributed by atoms with Crippen LogP contribution in [0.25, 0.3) is 21.7 Å². The highest BCUT2D eigenvalue weighted by Crippen LogP contribution is 2.35. The number of hydrogen-bond acceptors (Lipinski definition) is 3. The topological polar surface area (TPSA) is 54.6 Å². The molecule has 1 N–H and O–H groups in total. The largest absolute Gasteiger partial charge is 0.489 e. The Morgan fingerprint density at radius 3 is 2.16 bits per heavy atom. The van der Waals surface area contributed by atoms with Gasteiger partial charge >= 0.3 is 0 Å². The average molecular weight is 569 g/mol. The van der Waals surface area contributed by atoms with E-state index in [1.165, 1.54) is 0 Å². The van der Waals surface area contributed by atoms with E-state index >= 15 is 0 Å². The maximum atomic E-state index is 14.3. The van der Waals surface area contributed by atoms with E-state index in [4.69, 9.17) is 9.47 Å². The van der Waals surface area contributed by atoms with Crippen molar-refractivity contribution in [2.75, 3.05) is 0 Å². The first kappa shape index (κ1) is 28.1. The van der Waals surface area contributed by atoms with Crippen LogP contribution >= 0.6 is 0 Å². The number of rotatable bonds is 10. The first-order chi connectivity index (χ1) is 21.0. The van der Waals surface area contributed by atoms with E-state index in [0.29, 0.717) is 24.5 Å². The maximum Gasteiger partial charge on any atom is 0.255 e. The van der Waals surface area contributed by atoms with Gasteiger partial charge in [0.2, 0.25) is 0 Å². The fourth-order valence-corrected chi connectivity index (χ4v) is 5.78. The molecule has 1 atom stereocenters. The number of fused-ring (bicyclic) bond motifs is 2. The molecule has 1 aromatic heterocycles. The van der Waals surface area contributed by atoms with Crippen LogP contribution in [0.4, 0.5) is 0 Å². The number of benzene rings is 5. The molecule has 0 fully saturated rings. The fourth-order valence-electron chi connectivity index (χ4n) is 5.78. The summed E-state index contributed by atoms with van der Waals surface area (Å²) in [6.45, 7) is 7.14. The highest BCUT2D eigenvalue weighted by Gasteiger charge is 2.28. The van der Waals surface area contributed by atoms with Crippen LogP contribution in [0.1, 0.15) is 53.9 Å². The molecule has 5 heteroatoms. The second-order valence-electron chi connectivity index (χ2n) is 11.1. The zero-order valence-electron chi connectivity index (χ0n) is 24.8. The molecular weight excluding hydrogens is 532 g/mol. The van der Waals surface area contributed by atoms with E-state index in [2.05, 4.69) is 50.0 Å². The molecule has 6 rings (SSSR count). The van der Waals surface area contributed by atoms with Crippen molar-refractivity contribution in [3.05, 3.63) is 144 Å². The molecule has 0 aliphatic heterocycles. The van der Waals surface area contributed by atoms with Crippen LogP contribution in [0.3, 0.4) is 0 Å². The Hall–Kier alpha value is -5.03. The Morgan fingerprint density at radius 2 is 1.40 bits per heavy atom. The molecule has 0 aliphatic rings. The number of nitrogens with one attached hydrogen (secondary N) is 1. The summed E-state index contributed by atoms with van der Waals surface area (Å²) < 4.78 is 12.3. The predicted molar refractivity (Wildman–Crippen MR) is 174 cm³/mol. The van der Waals surface area contributed by atoms with Gasteiger partial charge in [0, 0.05) is 28.5 Å². The normalized spacial score (nSPS) is 12.0. The number of H-pyrrole nitrogens is 1. The van der Waals surface area contributed by atoms with Crippen molar-refractivity contribution in [3.8, 4) is 11.5 Å². The van der Waals surface area contributed by atoms with E-state index in [1.54, 1.807) is 0 Å². The van der Waals surface area contributed by atoms with Crippen LogP contribution < -0.4 is 9.47 Å². The summed E-state index contributed by atoms with van der Waals surface area (Å²) in [4.78, 5) is 19.7. The van der Waals surface area contributed by atoms with Gasteiger partial charge in [0.05, 0.1) is 11.6 Å². The summed E-state index contributed by atoms with van der Waals surface area (Å²) in [6.07, 6.45) is 2.02. The van der Waals surface area contributed by atoms with E-state index in [0.717, 1.165) is 44.1 Å². The molecule has 0 spiro atoms. The molecule has 6 aromatic rings. The number of ether oxygens (including phenoxy) is 2. The van der Waals surface area contributed by atoms with Crippen molar-refractivity contribution in [2.24, 2.45) is 0 Å². The minimum atomic E-state index is -0.130. The average Bonchev–Trinajstić information content (AvgIpc) is 3.47. The number of carbonyl (C=O) groups excluding carboxylic acids is 1. The lowest BCUT2D eigenvalue weighted by atomic mass is 9.99. The zero-order valence-corrected chi connectivity index (χ0v) is 24.8. The van der Waals surface area contributed by atoms with E-state index < -0.39 is 0 Å². The summed E-state index contributed by atoms with van der Waals surface area (Å²) >= 11 is 0. The van der Waals surface area contributed by atoms with Gasteiger partial charge in [-0.2, -0.15) is 0 Å². The Balaban J connectivity index is 1.24. The number of hydrogen-bond donors (Lipinski definition) is 1. The van der Waals surface area contributed by atoms with Crippen molar-refractivity contribution >= 4 is 27.6 Å². The van der Waals surface area contributed by atoms with Gasteiger partial charge < -0.3 is 19.4 Å². The van der Waals surface area contributed by atoms with Crippen molar-refractivity contribution < 1.29 is 14.3 Å². The highest BCUT2D eigenvalue weighted by atomic mass is 16.5. The Bertz CT molecular complexity index is 1840. The van der Waals surface area contributed by atoms with Crippen LogP contribution in [0, 0.1) is 0 Å². The lowest BCUT2D eigenvalue weighted by Gasteiger charge is -2.33. The van der Waals surface area contributed by atoms with Crippen molar-refractivity contribution in [1.82, 2.24) is 9.88 Å². The first-order valence-electron chi connectivity index (χ1n) is 14.8. The molecule has 0 saturated carbocycles. The molecule has 5 aromatic carbocycles. The summed E-state index contributed by atoms with van der Waals surface area (Å²) in [7, 11) is 0. The number of nitrogens with zero attached hydrogens (tertiary/aromatic N) is 1. The summed E-state index contributed by atoms with van der Waals surface area (Å²) in [5.41, 5.74) is 4.95. The predicted octanol–water partition coefficient (Wildman–Crippen LogP) is 9.09. The molecule has 0 bridgehead atoms. The van der Waals surface area contributed by atoms with Crippen molar-refractivity contribution in [3.63, 3.8) is 0 Å². The summed E-state index contributed by atoms with van der Waals surface area (Å²) in [6, 6.07) is 38.0. The third-order valence-corrected chi connectivity index (χ3v) is 7.94. The molecule has 43 heavy (non-hydrogen) atoms. The SMILES string of the molecule is CC(C)N(C(=O)c1cccc2cccc(OCc3ccc(OCc4ccccc4)cc3)c12)[C@@H](C)c1c[nH]c2ccccc12. The molecular formula is C38H36N2O3. The second-order valence-corrected chi connectivity index (χ2v) is 11.1. The zero-order chi connectivity index (χ0) is 29.8. The summed E-state index contributed by atoms with van der Waals surface area (Å²) in [5, 5.41) is 2.93. The number of carbonyl (C=O) groups is 1. The van der Waals surface area contributed by atoms with Crippen molar-refractivity contribution in [1.29, 1.82) is 0 Å². The standard InChI is InChI=1S/C38H36N2O3/c1-26(2)40(27(3)34-23-39-35-17-8-7-15-32(34)35)38(41)33-16-9-13-30-14-10-18-36(37(30)33)43-25-29-19-21-31(22-20-29)42-24-28-11-5-4-6-12-28/h4-23,26-27,39H,24-25H2,1-3H3/t27-/m0/s1. The Kier molecular flexibility index (Phi) is 8.14. The third-order valence-electron chi connectivity index (χ3n) is 7.94. The van der Waals surface area contributed by atoms with Gasteiger partial charge in [0.25, 0.3) is 5.91 Å². The molecule has 0 aliphatic carbocycles. The third kappa shape index (κ3) is 5.98. The first-order valence-corrected chi connectivity index (χ1v) is 14.8. The fraction of sp³-hybridized carbons (Fsp3) is 0.184. The van der Waals surface area contributed by atoms with E-state index in [-0.39, 0.29) is 18.0 Å². The van der Waals surface area contributed by atoms with Crippen LogP contribution in [0.2, 0.25) is 0 Å². The minimum Gasteiger partial charge on any atom is -0.489 e. The highest BCUT2D eigenvalue weighted by molar-refractivity contribution is 6.09. The quantitative estimate of drug-likeness (QED) is 0.179. The van der Waals surface area contributed by atoms with Gasteiger partial charge in [-0.25, -0.2) is 0 Å². The van der Waals surface area contributed by atoms with Gasteiger partial charge in [0.15, 0.2) is 0 Å². The Labute approximate surface area is 252 Å². The lowest BCUT2D eigenvalue weighted by Crippen LogP contribution is -2.39. The van der Waals surface area contributed by atoms with Gasteiger partial charge in [-0.1, -0.05) is 84.9 Å². The van der Waals surface area contributed by atoms with E-state index in [1.807, 2.05) is 102 Å². The van der Waals surface area contributed by atoms with Crippen LogP contribution in [-0.2, 0) is 13.2 Å². The maximum absolute atomic E-state index is 14.3. The number of para-hydroxylation sites is 1. The Morgan fingerprint density at radius 1 is 0.721 bits per heavy atom. The molecule has 216 valence electrons. The smallest absolute Gasteiger partial charge is 0.255 e. The van der Waals surface area contributed by atoms with Gasteiger partial charge in [-0.3, -0.25) is 4.79 Å². The molecule has 0 radical (unpaired) electrons. The van der Waals surface area contributed by atoms with Gasteiger partial charge in [-0.15, -0.1) is 0 Å². The van der Waals surface area contributed by atoms with Crippen LogP contribution in [0.5, 0.6) is 11.5 Å². The number of amides is 1. The molecule has 0 saturated heterocycles. The van der Waals surface area contributed by atoms with E-state index in [9.17, 15) is 4.79 Å². The molecule has 5 nitrogen and oxygen atoms in total. The minimum absolute atomic E-state index is 0.0119.